The van der Waals surface area contributed by atoms with Crippen LogP contribution in [0.4, 0.5) is 0 Å². The Morgan fingerprint density at radius 3 is 2.33 bits per heavy atom. The largest absolute Gasteiger partial charge is 0.0917 e. The molecule has 0 amide bonds. The van der Waals surface area contributed by atoms with Crippen LogP contribution in [0.5, 0.6) is 0 Å². The summed E-state index contributed by atoms with van der Waals surface area (Å²) in [6.45, 7) is 9.05. The zero-order valence-corrected chi connectivity index (χ0v) is 9.14. The van der Waals surface area contributed by atoms with E-state index in [-0.39, 0.29) is 0 Å². The summed E-state index contributed by atoms with van der Waals surface area (Å²) in [5.41, 5.74) is 0. The van der Waals surface area contributed by atoms with Crippen LogP contribution >= 0.6 is 0 Å². The second kappa shape index (κ2) is 7.39. The van der Waals surface area contributed by atoms with Crippen molar-refractivity contribution in [1.82, 2.24) is 0 Å². The Balaban J connectivity index is 3.70. The highest BCUT2D eigenvalue weighted by Crippen LogP contribution is 2.22. The van der Waals surface area contributed by atoms with Crippen LogP contribution in [-0.2, 0) is 0 Å². The second-order valence-electron chi connectivity index (χ2n) is 3.95. The van der Waals surface area contributed by atoms with Gasteiger partial charge in [0.15, 0.2) is 0 Å². The molecule has 0 aliphatic carbocycles. The van der Waals surface area contributed by atoms with Crippen molar-refractivity contribution in [3.05, 3.63) is 12.2 Å². The Kier molecular flexibility index (Phi) is 7.23. The molecule has 0 aliphatic heterocycles. The average Bonchev–Trinajstić information content (AvgIpc) is 2.04. The molecule has 1 atom stereocenters. The summed E-state index contributed by atoms with van der Waals surface area (Å²) in [6, 6.07) is 0. The molecular weight excluding hydrogens is 144 g/mol. The van der Waals surface area contributed by atoms with Crippen molar-refractivity contribution in [3.63, 3.8) is 0 Å². The van der Waals surface area contributed by atoms with Gasteiger partial charge < -0.3 is 0 Å². The van der Waals surface area contributed by atoms with Gasteiger partial charge in [0.25, 0.3) is 0 Å². The van der Waals surface area contributed by atoms with Crippen LogP contribution < -0.4 is 0 Å². The van der Waals surface area contributed by atoms with Crippen molar-refractivity contribution >= 4 is 0 Å². The number of hydrogen-bond acceptors (Lipinski definition) is 0. The van der Waals surface area contributed by atoms with Gasteiger partial charge in [0.2, 0.25) is 0 Å². The van der Waals surface area contributed by atoms with Crippen molar-refractivity contribution in [2.24, 2.45) is 11.8 Å². The molecule has 0 rings (SSSR count). The van der Waals surface area contributed by atoms with Gasteiger partial charge in [-0.3, -0.25) is 0 Å². The summed E-state index contributed by atoms with van der Waals surface area (Å²) in [7, 11) is 0. The molecule has 0 spiro atoms. The molecule has 0 saturated carbocycles. The molecule has 72 valence electrons. The zero-order chi connectivity index (χ0) is 9.40. The number of allylic oxidation sites excluding steroid dienone is 2. The number of hydrogen-bond donors (Lipinski definition) is 0. The van der Waals surface area contributed by atoms with Gasteiger partial charge in [0.1, 0.15) is 0 Å². The van der Waals surface area contributed by atoms with Gasteiger partial charge in [0, 0.05) is 0 Å². The Morgan fingerprint density at radius 2 is 1.92 bits per heavy atom. The van der Waals surface area contributed by atoms with Gasteiger partial charge in [-0.25, -0.2) is 0 Å². The smallest absolute Gasteiger partial charge is 0.0320 e. The summed E-state index contributed by atoms with van der Waals surface area (Å²) >= 11 is 0. The molecule has 0 aromatic carbocycles. The van der Waals surface area contributed by atoms with E-state index in [1.165, 1.54) is 25.7 Å². The van der Waals surface area contributed by atoms with Gasteiger partial charge in [0.05, 0.1) is 0 Å². The predicted octanol–water partition coefficient (Wildman–Crippen LogP) is 4.42. The standard InChI is InChI=1S/C12H24/c1-5-7-9-12(11(3)4)10-8-6-2/h5,7,11-12H,6,8-10H2,1-4H3. The summed E-state index contributed by atoms with van der Waals surface area (Å²) in [5, 5.41) is 0. The van der Waals surface area contributed by atoms with E-state index in [0.717, 1.165) is 11.8 Å². The van der Waals surface area contributed by atoms with Gasteiger partial charge >= 0.3 is 0 Å². The van der Waals surface area contributed by atoms with Crippen LogP contribution in [0.25, 0.3) is 0 Å². The molecule has 0 nitrogen and oxygen atoms in total. The molecule has 0 aromatic heterocycles. The lowest BCUT2D eigenvalue weighted by molar-refractivity contribution is 0.353. The fraction of sp³-hybridized carbons (Fsp3) is 0.833. The van der Waals surface area contributed by atoms with Crippen molar-refractivity contribution in [1.29, 1.82) is 0 Å². The maximum Gasteiger partial charge on any atom is -0.0320 e. The van der Waals surface area contributed by atoms with E-state index in [0.29, 0.717) is 0 Å². The average molecular weight is 168 g/mol. The van der Waals surface area contributed by atoms with E-state index in [4.69, 9.17) is 0 Å². The van der Waals surface area contributed by atoms with Crippen LogP contribution in [-0.4, -0.2) is 0 Å². The molecule has 0 bridgehead atoms. The molecule has 12 heavy (non-hydrogen) atoms. The third kappa shape index (κ3) is 5.40. The fourth-order valence-electron chi connectivity index (χ4n) is 1.50. The summed E-state index contributed by atoms with van der Waals surface area (Å²) in [4.78, 5) is 0. The quantitative estimate of drug-likeness (QED) is 0.515. The Hall–Kier alpha value is -0.260. The predicted molar refractivity (Wildman–Crippen MR) is 57.3 cm³/mol. The lowest BCUT2D eigenvalue weighted by Crippen LogP contribution is -2.07. The van der Waals surface area contributed by atoms with Crippen LogP contribution in [0.3, 0.4) is 0 Å². The third-order valence-corrected chi connectivity index (χ3v) is 2.55. The van der Waals surface area contributed by atoms with Gasteiger partial charge in [-0.15, -0.1) is 0 Å². The highest BCUT2D eigenvalue weighted by molar-refractivity contribution is 4.81. The van der Waals surface area contributed by atoms with E-state index in [1.807, 2.05) is 0 Å². The first-order valence-electron chi connectivity index (χ1n) is 5.33. The molecule has 1 unspecified atom stereocenters. The minimum absolute atomic E-state index is 0.841. The summed E-state index contributed by atoms with van der Waals surface area (Å²) in [6.07, 6.45) is 9.87. The first-order chi connectivity index (χ1) is 5.72. The van der Waals surface area contributed by atoms with Crippen molar-refractivity contribution < 1.29 is 0 Å². The van der Waals surface area contributed by atoms with Crippen molar-refractivity contribution in [2.75, 3.05) is 0 Å². The minimum atomic E-state index is 0.841. The lowest BCUT2D eigenvalue weighted by atomic mass is 9.88. The van der Waals surface area contributed by atoms with Crippen molar-refractivity contribution in [3.8, 4) is 0 Å². The third-order valence-electron chi connectivity index (χ3n) is 2.55. The normalized spacial score (nSPS) is 14.4. The molecule has 0 heterocycles. The van der Waals surface area contributed by atoms with E-state index in [9.17, 15) is 0 Å². The van der Waals surface area contributed by atoms with Crippen LogP contribution in [0.15, 0.2) is 12.2 Å². The molecule has 0 saturated heterocycles. The molecular formula is C12H24. The van der Waals surface area contributed by atoms with Gasteiger partial charge in [-0.2, -0.15) is 0 Å². The molecule has 0 aliphatic rings. The molecule has 0 heteroatoms. The number of unbranched alkanes of at least 4 members (excludes halogenated alkanes) is 1. The highest BCUT2D eigenvalue weighted by atomic mass is 14.2. The minimum Gasteiger partial charge on any atom is -0.0917 e. The zero-order valence-electron chi connectivity index (χ0n) is 9.14. The summed E-state index contributed by atoms with van der Waals surface area (Å²) < 4.78 is 0. The molecule has 0 fully saturated rings. The first-order valence-corrected chi connectivity index (χ1v) is 5.33. The maximum atomic E-state index is 2.34. The number of rotatable bonds is 6. The van der Waals surface area contributed by atoms with Crippen molar-refractivity contribution in [2.45, 2.75) is 53.4 Å². The molecule has 0 radical (unpaired) electrons. The lowest BCUT2D eigenvalue weighted by Gasteiger charge is -2.18. The van der Waals surface area contributed by atoms with Crippen LogP contribution in [0.1, 0.15) is 53.4 Å². The Morgan fingerprint density at radius 1 is 1.25 bits per heavy atom. The van der Waals surface area contributed by atoms with E-state index >= 15 is 0 Å². The second-order valence-corrected chi connectivity index (χ2v) is 3.95. The Labute approximate surface area is 78.1 Å². The SMILES string of the molecule is CC=CCC(CCCC)C(C)C. The van der Waals surface area contributed by atoms with E-state index < -0.39 is 0 Å². The highest BCUT2D eigenvalue weighted by Gasteiger charge is 2.10. The van der Waals surface area contributed by atoms with Crippen LogP contribution in [0.2, 0.25) is 0 Å². The van der Waals surface area contributed by atoms with E-state index in [1.54, 1.807) is 0 Å². The molecule has 0 N–H and O–H groups in total. The Bertz CT molecular complexity index is 111. The van der Waals surface area contributed by atoms with Gasteiger partial charge in [-0.1, -0.05) is 45.8 Å². The topological polar surface area (TPSA) is 0 Å². The van der Waals surface area contributed by atoms with Crippen LogP contribution in [0, 0.1) is 11.8 Å². The fourth-order valence-corrected chi connectivity index (χ4v) is 1.50. The summed E-state index contributed by atoms with van der Waals surface area (Å²) in [5.74, 6) is 1.74. The maximum absolute atomic E-state index is 2.34. The monoisotopic (exact) mass is 168 g/mol. The van der Waals surface area contributed by atoms with E-state index in [2.05, 4.69) is 39.8 Å². The first kappa shape index (κ1) is 11.7. The van der Waals surface area contributed by atoms with Gasteiger partial charge in [-0.05, 0) is 31.6 Å². The molecule has 0 aromatic rings.